The highest BCUT2D eigenvalue weighted by Gasteiger charge is 2.64. The molecule has 7 rings (SSSR count). The Kier molecular flexibility index (Phi) is 7.83. The van der Waals surface area contributed by atoms with Crippen LogP contribution in [0, 0.1) is 34.9 Å². The lowest BCUT2D eigenvalue weighted by molar-refractivity contribution is -0.934. The Morgan fingerprint density at radius 1 is 0.786 bits per heavy atom. The number of hydrogen-bond donors (Lipinski definition) is 0. The van der Waals surface area contributed by atoms with Gasteiger partial charge in [-0.3, -0.25) is 0 Å². The van der Waals surface area contributed by atoms with Crippen LogP contribution in [0.4, 0.5) is 4.39 Å². The van der Waals surface area contributed by atoms with Crippen LogP contribution in [0.1, 0.15) is 28.7 Å². The van der Waals surface area contributed by atoms with Crippen LogP contribution in [0.2, 0.25) is 0 Å². The second-order valence-corrected chi connectivity index (χ2v) is 12.1. The molecule has 0 N–H and O–H groups in total. The molecular formula is C36H34BrFN2O2. The maximum absolute atomic E-state index is 13.7. The van der Waals surface area contributed by atoms with Gasteiger partial charge in [0.15, 0.2) is 11.5 Å². The minimum Gasteiger partial charge on any atom is -1.00 e. The van der Waals surface area contributed by atoms with Crippen molar-refractivity contribution in [3.05, 3.63) is 131 Å². The van der Waals surface area contributed by atoms with Crippen molar-refractivity contribution in [3.63, 3.8) is 0 Å². The normalized spacial score (nSPS) is 23.5. The Morgan fingerprint density at radius 2 is 1.38 bits per heavy atom. The van der Waals surface area contributed by atoms with Crippen molar-refractivity contribution < 1.29 is 35.3 Å². The van der Waals surface area contributed by atoms with E-state index in [0.29, 0.717) is 17.8 Å². The number of nitriles is 1. The predicted molar refractivity (Wildman–Crippen MR) is 156 cm³/mol. The Hall–Kier alpha value is -3.66. The summed E-state index contributed by atoms with van der Waals surface area (Å²) in [7, 11) is 0. The zero-order chi connectivity index (χ0) is 27.9. The highest BCUT2D eigenvalue weighted by atomic mass is 79.9. The molecule has 3 aliphatic rings. The van der Waals surface area contributed by atoms with Crippen LogP contribution >= 0.6 is 0 Å². The Bertz CT molecular complexity index is 1520. The lowest BCUT2D eigenvalue weighted by Crippen LogP contribution is -3.00. The van der Waals surface area contributed by atoms with Crippen LogP contribution in [0.5, 0.6) is 11.5 Å². The molecule has 2 fully saturated rings. The van der Waals surface area contributed by atoms with Crippen LogP contribution in [0.25, 0.3) is 0 Å². The van der Waals surface area contributed by atoms with E-state index in [1.807, 2.05) is 54.6 Å². The van der Waals surface area contributed by atoms with Gasteiger partial charge < -0.3 is 30.9 Å². The maximum Gasteiger partial charge on any atom is 0.231 e. The SMILES string of the molecule is N#CC(CC1C2C[N+](CCc3ccc4c(c3)OCO4)(Cc3ccc(F)cc3)CC12)(c1ccccc1)c1ccccc1.[Br-]. The van der Waals surface area contributed by atoms with E-state index in [0.717, 1.165) is 66.1 Å². The minimum atomic E-state index is -0.656. The molecule has 2 atom stereocenters. The van der Waals surface area contributed by atoms with Crippen LogP contribution < -0.4 is 26.5 Å². The van der Waals surface area contributed by atoms with E-state index in [1.54, 1.807) is 12.1 Å². The number of rotatable bonds is 9. The predicted octanol–water partition coefficient (Wildman–Crippen LogP) is 3.89. The van der Waals surface area contributed by atoms with E-state index in [-0.39, 0.29) is 29.6 Å². The molecule has 0 spiro atoms. The van der Waals surface area contributed by atoms with E-state index in [1.165, 1.54) is 11.1 Å². The number of hydrogen-bond acceptors (Lipinski definition) is 3. The fourth-order valence-electron chi connectivity index (χ4n) is 7.54. The summed E-state index contributed by atoms with van der Waals surface area (Å²) in [5.41, 5.74) is 3.92. The number of quaternary nitrogens is 1. The Balaban J connectivity index is 0.00000316. The van der Waals surface area contributed by atoms with E-state index in [2.05, 4.69) is 42.5 Å². The average molecular weight is 626 g/mol. The Morgan fingerprint density at radius 3 is 2.00 bits per heavy atom. The smallest absolute Gasteiger partial charge is 0.231 e. The van der Waals surface area contributed by atoms with Gasteiger partial charge in [0.1, 0.15) is 17.8 Å². The summed E-state index contributed by atoms with van der Waals surface area (Å²) in [5, 5.41) is 10.7. The average Bonchev–Trinajstić information content (AvgIpc) is 3.33. The molecule has 2 aliphatic heterocycles. The fourth-order valence-corrected chi connectivity index (χ4v) is 7.54. The summed E-state index contributed by atoms with van der Waals surface area (Å²) in [6.45, 7) is 4.36. The molecule has 0 amide bonds. The van der Waals surface area contributed by atoms with Crippen molar-refractivity contribution in [1.29, 1.82) is 5.26 Å². The first-order valence-corrected chi connectivity index (χ1v) is 14.6. The molecule has 6 heteroatoms. The van der Waals surface area contributed by atoms with Crippen molar-refractivity contribution in [2.45, 2.75) is 24.8 Å². The number of ether oxygens (including phenoxy) is 2. The zero-order valence-electron chi connectivity index (χ0n) is 23.5. The third-order valence-corrected chi connectivity index (χ3v) is 9.71. The monoisotopic (exact) mass is 624 g/mol. The number of nitrogens with zero attached hydrogens (tertiary/aromatic N) is 2. The highest BCUT2D eigenvalue weighted by molar-refractivity contribution is 5.47. The molecule has 4 aromatic rings. The molecular weight excluding hydrogens is 591 g/mol. The molecule has 2 unspecified atom stereocenters. The van der Waals surface area contributed by atoms with Gasteiger partial charge in [0.05, 0.1) is 25.7 Å². The van der Waals surface area contributed by atoms with Gasteiger partial charge in [-0.25, -0.2) is 4.39 Å². The van der Waals surface area contributed by atoms with E-state index < -0.39 is 5.41 Å². The molecule has 2 heterocycles. The molecule has 1 saturated heterocycles. The summed E-state index contributed by atoms with van der Waals surface area (Å²) >= 11 is 0. The first-order chi connectivity index (χ1) is 20.1. The van der Waals surface area contributed by atoms with Crippen molar-refractivity contribution in [3.8, 4) is 17.6 Å². The zero-order valence-corrected chi connectivity index (χ0v) is 25.0. The quantitative estimate of drug-likeness (QED) is 0.265. The second kappa shape index (κ2) is 11.6. The van der Waals surface area contributed by atoms with Gasteiger partial charge in [-0.15, -0.1) is 0 Å². The second-order valence-electron chi connectivity index (χ2n) is 12.1. The molecule has 4 aromatic carbocycles. The number of likely N-dealkylation sites (tertiary alicyclic amines) is 1. The van der Waals surface area contributed by atoms with Gasteiger partial charge in [-0.1, -0.05) is 78.9 Å². The standard InChI is InChI=1S/C36H34FN2O2.BrH/c37-30-14-11-27(12-15-30)21-39(18-17-26-13-16-34-35(19-26)41-25-40-34)22-32-31(33(32)23-39)20-36(24-38,28-7-3-1-4-8-28)29-9-5-2-6-10-29;/h1-16,19,31-33H,17-18,20-23,25H2;1H/q+1;/p-1. The van der Waals surface area contributed by atoms with Gasteiger partial charge in [-0.2, -0.15) is 5.26 Å². The molecule has 214 valence electrons. The summed E-state index contributed by atoms with van der Waals surface area (Å²) in [5.74, 6) is 3.14. The van der Waals surface area contributed by atoms with Crippen LogP contribution in [-0.4, -0.2) is 30.9 Å². The largest absolute Gasteiger partial charge is 1.00 e. The number of benzene rings is 4. The lowest BCUT2D eigenvalue weighted by atomic mass is 9.71. The van der Waals surface area contributed by atoms with Gasteiger partial charge >= 0.3 is 0 Å². The molecule has 1 aliphatic carbocycles. The minimum absolute atomic E-state index is 0. The molecule has 0 radical (unpaired) electrons. The summed E-state index contributed by atoms with van der Waals surface area (Å²) in [6.07, 6.45) is 1.78. The van der Waals surface area contributed by atoms with Gasteiger partial charge in [-0.05, 0) is 53.3 Å². The van der Waals surface area contributed by atoms with E-state index in [9.17, 15) is 9.65 Å². The van der Waals surface area contributed by atoms with Crippen molar-refractivity contribution in [2.75, 3.05) is 26.4 Å². The van der Waals surface area contributed by atoms with Gasteiger partial charge in [0, 0.05) is 23.8 Å². The molecule has 4 nitrogen and oxygen atoms in total. The summed E-state index contributed by atoms with van der Waals surface area (Å²) in [4.78, 5) is 0. The molecule has 1 saturated carbocycles. The number of fused-ring (bicyclic) bond motifs is 2. The lowest BCUT2D eigenvalue weighted by Gasteiger charge is -2.38. The topological polar surface area (TPSA) is 42.2 Å². The maximum atomic E-state index is 13.7. The number of halogens is 2. The third kappa shape index (κ3) is 5.32. The first-order valence-electron chi connectivity index (χ1n) is 14.6. The molecule has 42 heavy (non-hydrogen) atoms. The Labute approximate surface area is 257 Å². The first kappa shape index (κ1) is 28.5. The van der Waals surface area contributed by atoms with Crippen molar-refractivity contribution in [2.24, 2.45) is 17.8 Å². The summed E-state index contributed by atoms with van der Waals surface area (Å²) in [6, 6.07) is 36.7. The van der Waals surface area contributed by atoms with Crippen LogP contribution in [0.3, 0.4) is 0 Å². The van der Waals surface area contributed by atoms with Gasteiger partial charge in [0.25, 0.3) is 0 Å². The number of piperidine rings is 1. The van der Waals surface area contributed by atoms with E-state index in [4.69, 9.17) is 9.47 Å². The molecule has 0 bridgehead atoms. The third-order valence-electron chi connectivity index (χ3n) is 9.71. The van der Waals surface area contributed by atoms with Crippen molar-refractivity contribution >= 4 is 0 Å². The van der Waals surface area contributed by atoms with Crippen molar-refractivity contribution in [1.82, 2.24) is 0 Å². The summed E-state index contributed by atoms with van der Waals surface area (Å²) < 4.78 is 25.8. The van der Waals surface area contributed by atoms with Crippen LogP contribution in [-0.2, 0) is 18.4 Å². The molecule has 0 aromatic heterocycles. The van der Waals surface area contributed by atoms with Crippen LogP contribution in [0.15, 0.2) is 103 Å². The fraction of sp³-hybridized carbons (Fsp3) is 0.306. The van der Waals surface area contributed by atoms with E-state index >= 15 is 0 Å². The highest BCUT2D eigenvalue weighted by Crippen LogP contribution is 2.60. The van der Waals surface area contributed by atoms with Gasteiger partial charge in [0.2, 0.25) is 6.79 Å².